The summed E-state index contributed by atoms with van der Waals surface area (Å²) in [7, 11) is 0. The lowest BCUT2D eigenvalue weighted by molar-refractivity contribution is 0.281. The number of nitriles is 2. The van der Waals surface area contributed by atoms with Gasteiger partial charge in [0.2, 0.25) is 0 Å². The van der Waals surface area contributed by atoms with Crippen LogP contribution in [0.4, 0.5) is 5.69 Å². The second kappa shape index (κ2) is 6.49. The van der Waals surface area contributed by atoms with E-state index in [0.717, 1.165) is 0 Å². The first-order chi connectivity index (χ1) is 8.26. The molecule has 0 atom stereocenters. The minimum absolute atomic E-state index is 0.0817. The number of hydrogen-bond donors (Lipinski definition) is 2. The van der Waals surface area contributed by atoms with Gasteiger partial charge in [-0.25, -0.2) is 0 Å². The molecule has 0 bridgehead atoms. The van der Waals surface area contributed by atoms with Gasteiger partial charge in [-0.2, -0.15) is 10.5 Å². The first-order valence-electron chi connectivity index (χ1n) is 5.17. The van der Waals surface area contributed by atoms with Crippen molar-refractivity contribution in [3.05, 3.63) is 29.3 Å². The Kier molecular flexibility index (Phi) is 4.96. The third kappa shape index (κ3) is 3.18. The number of rotatable bonds is 5. The summed E-state index contributed by atoms with van der Waals surface area (Å²) in [5.41, 5.74) is 1.43. The molecule has 0 aliphatic rings. The predicted molar refractivity (Wildman–Crippen MR) is 62.3 cm³/mol. The molecule has 17 heavy (non-hydrogen) atoms. The number of aliphatic hydroxyl groups is 2. The van der Waals surface area contributed by atoms with E-state index in [-0.39, 0.29) is 13.2 Å². The van der Waals surface area contributed by atoms with Crippen LogP contribution in [-0.4, -0.2) is 36.5 Å². The van der Waals surface area contributed by atoms with E-state index in [1.54, 1.807) is 23.1 Å². The van der Waals surface area contributed by atoms with E-state index >= 15 is 0 Å². The van der Waals surface area contributed by atoms with Gasteiger partial charge in [-0.3, -0.25) is 0 Å². The van der Waals surface area contributed by atoms with Gasteiger partial charge in [0.05, 0.1) is 36.1 Å². The van der Waals surface area contributed by atoms with E-state index in [1.807, 2.05) is 12.1 Å². The summed E-state index contributed by atoms with van der Waals surface area (Å²) in [5, 5.41) is 35.7. The fraction of sp³-hybridized carbons (Fsp3) is 0.333. The minimum Gasteiger partial charge on any atom is -0.395 e. The Balaban J connectivity index is 3.15. The van der Waals surface area contributed by atoms with Crippen LogP contribution in [0, 0.1) is 22.7 Å². The van der Waals surface area contributed by atoms with Crippen molar-refractivity contribution in [2.75, 3.05) is 31.2 Å². The molecule has 0 aromatic heterocycles. The zero-order valence-electron chi connectivity index (χ0n) is 9.30. The van der Waals surface area contributed by atoms with Gasteiger partial charge in [-0.15, -0.1) is 0 Å². The Labute approximate surface area is 99.8 Å². The van der Waals surface area contributed by atoms with Gasteiger partial charge in [-0.05, 0) is 18.2 Å². The van der Waals surface area contributed by atoms with Crippen LogP contribution in [0.25, 0.3) is 0 Å². The van der Waals surface area contributed by atoms with Crippen molar-refractivity contribution < 1.29 is 10.2 Å². The minimum atomic E-state index is -0.0817. The van der Waals surface area contributed by atoms with Crippen molar-refractivity contribution in [1.29, 1.82) is 10.5 Å². The zero-order chi connectivity index (χ0) is 12.7. The maximum atomic E-state index is 8.98. The van der Waals surface area contributed by atoms with Crippen LogP contribution in [0.3, 0.4) is 0 Å². The molecule has 1 rings (SSSR count). The number of anilines is 1. The molecular formula is C12H13N3O2. The fourth-order valence-corrected chi connectivity index (χ4v) is 1.55. The lowest BCUT2D eigenvalue weighted by Gasteiger charge is -2.24. The standard InChI is InChI=1S/C12H13N3O2/c13-8-10-1-2-11(9-14)12(7-10)15(3-5-16)4-6-17/h1-2,7,16-17H,3-6H2. The second-order valence-corrected chi connectivity index (χ2v) is 3.39. The summed E-state index contributed by atoms with van der Waals surface area (Å²) in [6.45, 7) is 0.456. The molecule has 0 aliphatic carbocycles. The van der Waals surface area contributed by atoms with Crippen molar-refractivity contribution in [3.8, 4) is 12.1 Å². The van der Waals surface area contributed by atoms with Gasteiger partial charge in [0, 0.05) is 13.1 Å². The summed E-state index contributed by atoms with van der Waals surface area (Å²) in [4.78, 5) is 1.68. The molecule has 0 amide bonds. The van der Waals surface area contributed by atoms with Crippen LogP contribution in [0.2, 0.25) is 0 Å². The summed E-state index contributed by atoms with van der Waals surface area (Å²) < 4.78 is 0. The van der Waals surface area contributed by atoms with E-state index in [0.29, 0.717) is 29.9 Å². The Bertz CT molecular complexity index is 454. The van der Waals surface area contributed by atoms with Gasteiger partial charge in [-0.1, -0.05) is 0 Å². The normalized spacial score (nSPS) is 9.41. The highest BCUT2D eigenvalue weighted by atomic mass is 16.3. The van der Waals surface area contributed by atoms with Gasteiger partial charge in [0.15, 0.2) is 0 Å². The molecule has 88 valence electrons. The lowest BCUT2D eigenvalue weighted by atomic mass is 10.1. The zero-order valence-corrected chi connectivity index (χ0v) is 9.30. The van der Waals surface area contributed by atoms with Crippen LogP contribution in [0.1, 0.15) is 11.1 Å². The first-order valence-corrected chi connectivity index (χ1v) is 5.17. The van der Waals surface area contributed by atoms with Crippen LogP contribution >= 0.6 is 0 Å². The van der Waals surface area contributed by atoms with Gasteiger partial charge < -0.3 is 15.1 Å². The fourth-order valence-electron chi connectivity index (χ4n) is 1.55. The highest BCUT2D eigenvalue weighted by Gasteiger charge is 2.11. The van der Waals surface area contributed by atoms with E-state index in [1.165, 1.54) is 0 Å². The third-order valence-electron chi connectivity index (χ3n) is 2.33. The maximum absolute atomic E-state index is 8.98. The smallest absolute Gasteiger partial charge is 0.101 e. The summed E-state index contributed by atoms with van der Waals surface area (Å²) in [6, 6.07) is 8.75. The molecular weight excluding hydrogens is 218 g/mol. The quantitative estimate of drug-likeness (QED) is 0.756. The second-order valence-electron chi connectivity index (χ2n) is 3.39. The summed E-state index contributed by atoms with van der Waals surface area (Å²) >= 11 is 0. The van der Waals surface area contributed by atoms with Crippen LogP contribution in [-0.2, 0) is 0 Å². The molecule has 0 saturated carbocycles. The number of nitrogens with zero attached hydrogens (tertiary/aromatic N) is 3. The molecule has 1 aromatic carbocycles. The van der Waals surface area contributed by atoms with Crippen LogP contribution in [0.15, 0.2) is 18.2 Å². The van der Waals surface area contributed by atoms with E-state index in [4.69, 9.17) is 20.7 Å². The third-order valence-corrected chi connectivity index (χ3v) is 2.33. The largest absolute Gasteiger partial charge is 0.395 e. The SMILES string of the molecule is N#Cc1ccc(C#N)c(N(CCO)CCO)c1. The number of hydrogen-bond acceptors (Lipinski definition) is 5. The number of benzene rings is 1. The van der Waals surface area contributed by atoms with Gasteiger partial charge in [0.1, 0.15) is 6.07 Å². The highest BCUT2D eigenvalue weighted by molar-refractivity contribution is 5.62. The molecule has 5 heteroatoms. The molecule has 1 aromatic rings. The van der Waals surface area contributed by atoms with E-state index in [9.17, 15) is 0 Å². The van der Waals surface area contributed by atoms with Gasteiger partial charge >= 0.3 is 0 Å². The van der Waals surface area contributed by atoms with Crippen molar-refractivity contribution >= 4 is 5.69 Å². The van der Waals surface area contributed by atoms with Crippen molar-refractivity contribution in [2.24, 2.45) is 0 Å². The van der Waals surface area contributed by atoms with E-state index < -0.39 is 0 Å². The van der Waals surface area contributed by atoms with E-state index in [2.05, 4.69) is 0 Å². The Morgan fingerprint density at radius 1 is 1.06 bits per heavy atom. The molecule has 0 heterocycles. The van der Waals surface area contributed by atoms with Crippen LogP contribution in [0.5, 0.6) is 0 Å². The monoisotopic (exact) mass is 231 g/mol. The van der Waals surface area contributed by atoms with Gasteiger partial charge in [0.25, 0.3) is 0 Å². The first kappa shape index (κ1) is 13.0. The van der Waals surface area contributed by atoms with Crippen molar-refractivity contribution in [2.45, 2.75) is 0 Å². The molecule has 0 fully saturated rings. The summed E-state index contributed by atoms with van der Waals surface area (Å²) in [6.07, 6.45) is 0. The predicted octanol–water partition coefficient (Wildman–Crippen LogP) is 0.221. The molecule has 5 nitrogen and oxygen atoms in total. The average molecular weight is 231 g/mol. The number of aliphatic hydroxyl groups excluding tert-OH is 2. The lowest BCUT2D eigenvalue weighted by Crippen LogP contribution is -2.30. The molecule has 0 saturated heterocycles. The molecule has 0 spiro atoms. The molecule has 0 aliphatic heterocycles. The van der Waals surface area contributed by atoms with Crippen molar-refractivity contribution in [3.63, 3.8) is 0 Å². The Hall–Kier alpha value is -2.08. The average Bonchev–Trinajstić information content (AvgIpc) is 2.37. The molecule has 2 N–H and O–H groups in total. The molecule has 0 unspecified atom stereocenters. The van der Waals surface area contributed by atoms with Crippen LogP contribution < -0.4 is 4.90 Å². The summed E-state index contributed by atoms with van der Waals surface area (Å²) in [5.74, 6) is 0. The Morgan fingerprint density at radius 3 is 2.18 bits per heavy atom. The topological polar surface area (TPSA) is 91.3 Å². The highest BCUT2D eigenvalue weighted by Crippen LogP contribution is 2.21. The molecule has 0 radical (unpaired) electrons. The maximum Gasteiger partial charge on any atom is 0.101 e. The van der Waals surface area contributed by atoms with Crippen molar-refractivity contribution in [1.82, 2.24) is 0 Å². The Morgan fingerprint density at radius 2 is 1.71 bits per heavy atom.